The van der Waals surface area contributed by atoms with E-state index in [1.165, 1.54) is 29.1 Å². The van der Waals surface area contributed by atoms with Gasteiger partial charge in [0, 0.05) is 0 Å². The number of nitrogens with one attached hydrogen (secondary N) is 2. The molecule has 4 N–H and O–H groups in total. The van der Waals surface area contributed by atoms with Gasteiger partial charge in [0.15, 0.2) is 11.5 Å². The molecule has 3 heterocycles. The van der Waals surface area contributed by atoms with E-state index >= 15 is 0 Å². The molecule has 3 aromatic heterocycles. The number of aryl methyl sites for hydroxylation is 1. The number of aromatic amines is 1. The molecule has 0 aliphatic heterocycles. The first-order chi connectivity index (χ1) is 15.4. The minimum absolute atomic E-state index is 0.0784. The molecule has 0 unspecified atom stereocenters. The van der Waals surface area contributed by atoms with Crippen molar-refractivity contribution in [3.05, 3.63) is 76.4 Å². The summed E-state index contributed by atoms with van der Waals surface area (Å²) in [6.07, 6.45) is 1.50. The topological polar surface area (TPSA) is 127 Å². The number of fused-ring (bicyclic) bond motifs is 2. The van der Waals surface area contributed by atoms with E-state index in [0.29, 0.717) is 34.0 Å². The van der Waals surface area contributed by atoms with Gasteiger partial charge in [-0.15, -0.1) is 0 Å². The van der Waals surface area contributed by atoms with Crippen LogP contribution in [0.5, 0.6) is 0 Å². The molecule has 10 heteroatoms. The number of benzene rings is 2. The predicted octanol–water partition coefficient (Wildman–Crippen LogP) is 3.25. The second kappa shape index (κ2) is 7.41. The number of nitrogens with zero attached hydrogens (tertiary/aromatic N) is 5. The van der Waals surface area contributed by atoms with E-state index in [9.17, 15) is 9.18 Å². The smallest absolute Gasteiger partial charge is 0.266 e. The Morgan fingerprint density at radius 2 is 1.97 bits per heavy atom. The van der Waals surface area contributed by atoms with Crippen LogP contribution >= 0.6 is 0 Å². The van der Waals surface area contributed by atoms with Crippen LogP contribution in [-0.4, -0.2) is 29.5 Å². The van der Waals surface area contributed by atoms with Gasteiger partial charge in [0.05, 0.1) is 29.0 Å². The number of aromatic nitrogens is 6. The number of rotatable bonds is 4. The first-order valence-corrected chi connectivity index (χ1v) is 9.93. The first kappa shape index (κ1) is 19.6. The number of hydrogen-bond donors (Lipinski definition) is 3. The highest BCUT2D eigenvalue weighted by molar-refractivity contribution is 5.83. The normalized spacial score (nSPS) is 12.3. The summed E-state index contributed by atoms with van der Waals surface area (Å²) >= 11 is 0. The highest BCUT2D eigenvalue weighted by Gasteiger charge is 2.21. The second-order valence-electron chi connectivity index (χ2n) is 7.45. The van der Waals surface area contributed by atoms with Gasteiger partial charge < -0.3 is 16.0 Å². The highest BCUT2D eigenvalue weighted by atomic mass is 19.1. The third kappa shape index (κ3) is 3.22. The van der Waals surface area contributed by atoms with Gasteiger partial charge in [-0.25, -0.2) is 14.4 Å². The zero-order valence-electron chi connectivity index (χ0n) is 17.3. The van der Waals surface area contributed by atoms with Gasteiger partial charge in [-0.1, -0.05) is 18.2 Å². The van der Waals surface area contributed by atoms with Gasteiger partial charge in [-0.3, -0.25) is 9.36 Å². The van der Waals surface area contributed by atoms with Gasteiger partial charge >= 0.3 is 0 Å². The SMILES string of the molecule is Cc1ccccc1-n1c([C@@H](C)Nc2nc(N)nc3[nH]cnc23)nc2ccc(F)cc2c1=O. The quantitative estimate of drug-likeness (QED) is 0.399. The number of nitrogen functional groups attached to an aromatic ring is 1. The van der Waals surface area contributed by atoms with Crippen molar-refractivity contribution in [2.24, 2.45) is 0 Å². The highest BCUT2D eigenvalue weighted by Crippen LogP contribution is 2.25. The molecule has 32 heavy (non-hydrogen) atoms. The summed E-state index contributed by atoms with van der Waals surface area (Å²) in [6, 6.07) is 11.0. The van der Waals surface area contributed by atoms with E-state index in [1.54, 1.807) is 0 Å². The van der Waals surface area contributed by atoms with Crippen LogP contribution in [0.2, 0.25) is 0 Å². The Hall–Kier alpha value is -4.34. The maximum atomic E-state index is 13.9. The van der Waals surface area contributed by atoms with E-state index in [0.717, 1.165) is 5.56 Å². The van der Waals surface area contributed by atoms with E-state index in [4.69, 9.17) is 10.7 Å². The first-order valence-electron chi connectivity index (χ1n) is 9.93. The van der Waals surface area contributed by atoms with Gasteiger partial charge in [0.1, 0.15) is 17.2 Å². The summed E-state index contributed by atoms with van der Waals surface area (Å²) in [7, 11) is 0. The standard InChI is InChI=1S/C22H19FN8O/c1-11-5-3-4-6-16(11)31-20(28-15-8-7-13(23)9-14(15)21(31)32)12(2)27-19-17-18(26-10-25-17)29-22(24)30-19/h3-10,12H,1-2H3,(H4,24,25,26,27,29,30)/t12-/m1/s1. The van der Waals surface area contributed by atoms with Crippen molar-refractivity contribution in [2.75, 3.05) is 11.1 Å². The molecular weight excluding hydrogens is 411 g/mol. The predicted molar refractivity (Wildman–Crippen MR) is 120 cm³/mol. The Kier molecular flexibility index (Phi) is 4.54. The molecular formula is C22H19FN8O. The molecule has 5 rings (SSSR count). The average molecular weight is 430 g/mol. The Bertz CT molecular complexity index is 1540. The van der Waals surface area contributed by atoms with Crippen LogP contribution in [0.1, 0.15) is 24.4 Å². The molecule has 0 spiro atoms. The molecule has 2 aromatic carbocycles. The Morgan fingerprint density at radius 1 is 1.16 bits per heavy atom. The third-order valence-corrected chi connectivity index (χ3v) is 5.25. The molecule has 5 aromatic rings. The zero-order chi connectivity index (χ0) is 22.4. The van der Waals surface area contributed by atoms with Crippen LogP contribution in [0.25, 0.3) is 27.8 Å². The van der Waals surface area contributed by atoms with Gasteiger partial charge in [-0.2, -0.15) is 9.97 Å². The van der Waals surface area contributed by atoms with E-state index in [-0.39, 0.29) is 16.9 Å². The molecule has 0 aliphatic carbocycles. The number of imidazole rings is 1. The molecule has 0 bridgehead atoms. The fourth-order valence-electron chi connectivity index (χ4n) is 3.74. The summed E-state index contributed by atoms with van der Waals surface area (Å²) < 4.78 is 15.4. The summed E-state index contributed by atoms with van der Waals surface area (Å²) in [5, 5.41) is 3.45. The van der Waals surface area contributed by atoms with Crippen LogP contribution in [0.15, 0.2) is 53.6 Å². The van der Waals surface area contributed by atoms with Crippen LogP contribution in [0.3, 0.4) is 0 Å². The van der Waals surface area contributed by atoms with Crippen LogP contribution in [0.4, 0.5) is 16.2 Å². The number of H-pyrrole nitrogens is 1. The van der Waals surface area contributed by atoms with Crippen molar-refractivity contribution < 1.29 is 4.39 Å². The summed E-state index contributed by atoms with van der Waals surface area (Å²) in [4.78, 5) is 33.8. The lowest BCUT2D eigenvalue weighted by Gasteiger charge is -2.21. The van der Waals surface area contributed by atoms with Crippen molar-refractivity contribution in [2.45, 2.75) is 19.9 Å². The van der Waals surface area contributed by atoms with Gasteiger partial charge in [0.2, 0.25) is 5.95 Å². The molecule has 0 aliphatic rings. The second-order valence-corrected chi connectivity index (χ2v) is 7.45. The largest absolute Gasteiger partial charge is 0.368 e. The monoisotopic (exact) mass is 430 g/mol. The number of hydrogen-bond acceptors (Lipinski definition) is 7. The molecule has 9 nitrogen and oxygen atoms in total. The lowest BCUT2D eigenvalue weighted by Crippen LogP contribution is -2.28. The van der Waals surface area contributed by atoms with Crippen molar-refractivity contribution in [1.82, 2.24) is 29.5 Å². The van der Waals surface area contributed by atoms with Crippen LogP contribution in [0, 0.1) is 12.7 Å². The third-order valence-electron chi connectivity index (χ3n) is 5.25. The molecule has 0 saturated heterocycles. The van der Waals surface area contributed by atoms with Crippen molar-refractivity contribution in [3.63, 3.8) is 0 Å². The maximum absolute atomic E-state index is 13.9. The van der Waals surface area contributed by atoms with E-state index < -0.39 is 11.9 Å². The van der Waals surface area contributed by atoms with Gasteiger partial charge in [-0.05, 0) is 43.7 Å². The fourth-order valence-corrected chi connectivity index (χ4v) is 3.74. The number of para-hydroxylation sites is 1. The van der Waals surface area contributed by atoms with E-state index in [2.05, 4.69) is 25.3 Å². The maximum Gasteiger partial charge on any atom is 0.266 e. The molecule has 0 fully saturated rings. The van der Waals surface area contributed by atoms with Crippen molar-refractivity contribution in [1.29, 1.82) is 0 Å². The molecule has 0 radical (unpaired) electrons. The van der Waals surface area contributed by atoms with Crippen molar-refractivity contribution in [3.8, 4) is 5.69 Å². The molecule has 0 saturated carbocycles. The van der Waals surface area contributed by atoms with Gasteiger partial charge in [0.25, 0.3) is 5.56 Å². The molecule has 0 amide bonds. The minimum atomic E-state index is -0.496. The van der Waals surface area contributed by atoms with Crippen LogP contribution in [-0.2, 0) is 0 Å². The Labute approximate surface area is 181 Å². The van der Waals surface area contributed by atoms with Crippen molar-refractivity contribution >= 4 is 33.8 Å². The Balaban J connectivity index is 1.73. The minimum Gasteiger partial charge on any atom is -0.368 e. The average Bonchev–Trinajstić information content (AvgIpc) is 3.23. The molecule has 160 valence electrons. The zero-order valence-corrected chi connectivity index (χ0v) is 17.3. The fraction of sp³-hybridized carbons (Fsp3) is 0.136. The number of halogens is 1. The summed E-state index contributed by atoms with van der Waals surface area (Å²) in [5.74, 6) is 0.425. The lowest BCUT2D eigenvalue weighted by atomic mass is 10.1. The Morgan fingerprint density at radius 3 is 2.78 bits per heavy atom. The lowest BCUT2D eigenvalue weighted by molar-refractivity contribution is 0.629. The van der Waals surface area contributed by atoms with E-state index in [1.807, 2.05) is 38.1 Å². The number of anilines is 2. The van der Waals surface area contributed by atoms with Crippen LogP contribution < -0.4 is 16.6 Å². The molecule has 1 atom stereocenters. The number of nitrogens with two attached hydrogens (primary N) is 1. The summed E-state index contributed by atoms with van der Waals surface area (Å²) in [6.45, 7) is 3.75. The summed E-state index contributed by atoms with van der Waals surface area (Å²) in [5.41, 5.74) is 8.41.